The van der Waals surface area contributed by atoms with Crippen molar-refractivity contribution in [2.24, 2.45) is 5.14 Å². The largest absolute Gasteiger partial charge is 0.367 e. The van der Waals surface area contributed by atoms with E-state index in [2.05, 4.69) is 0 Å². The van der Waals surface area contributed by atoms with Crippen molar-refractivity contribution in [2.75, 3.05) is 31.1 Å². The molecule has 0 bridgehead atoms. The quantitative estimate of drug-likeness (QED) is 0.830. The summed E-state index contributed by atoms with van der Waals surface area (Å²) in [6.45, 7) is 1.39. The second-order valence-corrected chi connectivity index (χ2v) is 7.81. The minimum absolute atomic E-state index is 0.0579. The van der Waals surface area contributed by atoms with E-state index in [1.807, 2.05) is 11.0 Å². The van der Waals surface area contributed by atoms with E-state index in [0.717, 1.165) is 12.1 Å². The van der Waals surface area contributed by atoms with Crippen molar-refractivity contribution in [1.29, 1.82) is 5.26 Å². The molecular formula is C18H16F2N4O3S. The van der Waals surface area contributed by atoms with Crippen LogP contribution in [0.15, 0.2) is 41.3 Å². The number of benzene rings is 2. The van der Waals surface area contributed by atoms with Crippen LogP contribution in [0.1, 0.15) is 15.9 Å². The molecule has 1 aliphatic rings. The van der Waals surface area contributed by atoms with E-state index in [4.69, 9.17) is 5.14 Å². The van der Waals surface area contributed by atoms with Gasteiger partial charge in [-0.15, -0.1) is 0 Å². The number of rotatable bonds is 3. The molecule has 2 N–H and O–H groups in total. The lowest BCUT2D eigenvalue weighted by Crippen LogP contribution is -2.49. The Bertz CT molecular complexity index is 1070. The number of nitrogens with two attached hydrogens (primary N) is 1. The van der Waals surface area contributed by atoms with Crippen molar-refractivity contribution >= 4 is 21.6 Å². The fourth-order valence-electron chi connectivity index (χ4n) is 3.02. The highest BCUT2D eigenvalue weighted by Crippen LogP contribution is 2.25. The molecule has 7 nitrogen and oxygen atoms in total. The van der Waals surface area contributed by atoms with Gasteiger partial charge in [-0.3, -0.25) is 4.79 Å². The molecule has 1 saturated heterocycles. The molecule has 1 fully saturated rings. The first kappa shape index (κ1) is 19.7. The van der Waals surface area contributed by atoms with Crippen LogP contribution in [0.25, 0.3) is 0 Å². The van der Waals surface area contributed by atoms with Crippen LogP contribution in [-0.2, 0) is 10.0 Å². The zero-order valence-electron chi connectivity index (χ0n) is 14.6. The monoisotopic (exact) mass is 406 g/mol. The highest BCUT2D eigenvalue weighted by atomic mass is 32.2. The Balaban J connectivity index is 1.74. The van der Waals surface area contributed by atoms with Crippen molar-refractivity contribution < 1.29 is 22.0 Å². The molecule has 0 unspecified atom stereocenters. The Morgan fingerprint density at radius 3 is 2.29 bits per heavy atom. The lowest BCUT2D eigenvalue weighted by molar-refractivity contribution is 0.0746. The first-order chi connectivity index (χ1) is 13.2. The molecule has 0 aliphatic carbocycles. The van der Waals surface area contributed by atoms with Gasteiger partial charge < -0.3 is 9.80 Å². The lowest BCUT2D eigenvalue weighted by Gasteiger charge is -2.36. The summed E-state index contributed by atoms with van der Waals surface area (Å²) >= 11 is 0. The molecule has 0 spiro atoms. The Morgan fingerprint density at radius 2 is 1.71 bits per heavy atom. The topological polar surface area (TPSA) is 107 Å². The number of sulfonamides is 1. The first-order valence-corrected chi connectivity index (χ1v) is 9.81. The van der Waals surface area contributed by atoms with Crippen LogP contribution >= 0.6 is 0 Å². The van der Waals surface area contributed by atoms with Gasteiger partial charge in [-0.25, -0.2) is 22.3 Å². The number of nitrogens with zero attached hydrogens (tertiary/aromatic N) is 3. The zero-order valence-corrected chi connectivity index (χ0v) is 15.4. The molecule has 28 heavy (non-hydrogen) atoms. The number of carbonyl (C=O) groups is 1. The zero-order chi connectivity index (χ0) is 20.5. The van der Waals surface area contributed by atoms with E-state index < -0.39 is 27.6 Å². The predicted octanol–water partition coefficient (Wildman–Crippen LogP) is 1.45. The fraction of sp³-hybridized carbons (Fsp3) is 0.222. The molecule has 10 heteroatoms. The second-order valence-electron chi connectivity index (χ2n) is 6.24. The summed E-state index contributed by atoms with van der Waals surface area (Å²) in [5.74, 6) is -2.52. The van der Waals surface area contributed by atoms with Gasteiger partial charge in [0.15, 0.2) is 11.6 Å². The molecular weight excluding hydrogens is 390 g/mol. The average molecular weight is 406 g/mol. The molecule has 0 saturated carbocycles. The van der Waals surface area contributed by atoms with Crippen LogP contribution in [0.3, 0.4) is 0 Å². The summed E-state index contributed by atoms with van der Waals surface area (Å²) in [5.41, 5.74) is 0.754. The van der Waals surface area contributed by atoms with Crippen LogP contribution < -0.4 is 10.0 Å². The molecule has 0 radical (unpaired) electrons. The molecule has 2 aromatic carbocycles. The molecule has 0 atom stereocenters. The summed E-state index contributed by atoms with van der Waals surface area (Å²) in [7, 11) is -3.92. The smallest absolute Gasteiger partial charge is 0.254 e. The average Bonchev–Trinajstić information content (AvgIpc) is 2.68. The van der Waals surface area contributed by atoms with Gasteiger partial charge in [0.2, 0.25) is 10.0 Å². The molecule has 146 valence electrons. The highest BCUT2D eigenvalue weighted by molar-refractivity contribution is 7.89. The maximum absolute atomic E-state index is 13.4. The Labute approximate surface area is 160 Å². The Hall–Kier alpha value is -3.03. The number of carbonyl (C=O) groups excluding carboxylic acids is 1. The molecule has 0 aromatic heterocycles. The standard InChI is InChI=1S/C18H16F2N4O3S/c19-15-3-1-12(10-16(15)20)18(25)24-7-5-23(6-8-24)17-4-2-14(28(22,26)27)9-13(17)11-21/h1-4,9-10H,5-8H2,(H2,22,26,27). The molecule has 1 amide bonds. The van der Waals surface area contributed by atoms with E-state index in [0.29, 0.717) is 31.9 Å². The summed E-state index contributed by atoms with van der Waals surface area (Å²) in [6.07, 6.45) is 0. The van der Waals surface area contributed by atoms with Crippen molar-refractivity contribution in [1.82, 2.24) is 4.90 Å². The van der Waals surface area contributed by atoms with Gasteiger partial charge in [0.25, 0.3) is 5.91 Å². The van der Waals surface area contributed by atoms with Crippen LogP contribution in [0.5, 0.6) is 0 Å². The number of piperazine rings is 1. The number of amides is 1. The van der Waals surface area contributed by atoms with Gasteiger partial charge in [-0.2, -0.15) is 5.26 Å². The van der Waals surface area contributed by atoms with E-state index in [-0.39, 0.29) is 16.0 Å². The second kappa shape index (κ2) is 7.53. The lowest BCUT2D eigenvalue weighted by atomic mass is 10.1. The summed E-state index contributed by atoms with van der Waals surface area (Å²) in [5, 5.41) is 14.4. The molecule has 2 aromatic rings. The third kappa shape index (κ3) is 3.95. The minimum Gasteiger partial charge on any atom is -0.367 e. The first-order valence-electron chi connectivity index (χ1n) is 8.27. The number of hydrogen-bond acceptors (Lipinski definition) is 5. The van der Waals surface area contributed by atoms with Gasteiger partial charge in [0, 0.05) is 31.7 Å². The van der Waals surface area contributed by atoms with Crippen molar-refractivity contribution in [3.8, 4) is 6.07 Å². The number of hydrogen-bond donors (Lipinski definition) is 1. The van der Waals surface area contributed by atoms with Crippen LogP contribution in [0.4, 0.5) is 14.5 Å². The van der Waals surface area contributed by atoms with Crippen molar-refractivity contribution in [3.63, 3.8) is 0 Å². The highest BCUT2D eigenvalue weighted by Gasteiger charge is 2.25. The third-order valence-electron chi connectivity index (χ3n) is 4.49. The number of primary sulfonamides is 1. The number of nitriles is 1. The SMILES string of the molecule is N#Cc1cc(S(N)(=O)=O)ccc1N1CCN(C(=O)c2ccc(F)c(F)c2)CC1. The van der Waals surface area contributed by atoms with E-state index >= 15 is 0 Å². The van der Waals surface area contributed by atoms with Crippen LogP contribution in [0.2, 0.25) is 0 Å². The summed E-state index contributed by atoms with van der Waals surface area (Å²) < 4.78 is 49.3. The van der Waals surface area contributed by atoms with Gasteiger partial charge in [-0.1, -0.05) is 0 Å². The van der Waals surface area contributed by atoms with Crippen LogP contribution in [-0.4, -0.2) is 45.4 Å². The van der Waals surface area contributed by atoms with E-state index in [1.165, 1.54) is 29.2 Å². The van der Waals surface area contributed by atoms with Gasteiger partial charge >= 0.3 is 0 Å². The molecule has 1 aliphatic heterocycles. The summed E-state index contributed by atoms with van der Waals surface area (Å²) in [6, 6.07) is 9.00. The van der Waals surface area contributed by atoms with E-state index in [9.17, 15) is 27.3 Å². The van der Waals surface area contributed by atoms with Gasteiger partial charge in [-0.05, 0) is 36.4 Å². The maximum atomic E-state index is 13.4. The van der Waals surface area contributed by atoms with Gasteiger partial charge in [0.05, 0.1) is 16.1 Å². The molecule has 3 rings (SSSR count). The fourth-order valence-corrected chi connectivity index (χ4v) is 3.56. The third-order valence-corrected chi connectivity index (χ3v) is 5.40. The van der Waals surface area contributed by atoms with Gasteiger partial charge in [0.1, 0.15) is 6.07 Å². The predicted molar refractivity (Wildman–Crippen MR) is 97.0 cm³/mol. The maximum Gasteiger partial charge on any atom is 0.254 e. The molecule has 1 heterocycles. The summed E-state index contributed by atoms with van der Waals surface area (Å²) in [4.78, 5) is 15.7. The normalized spacial score (nSPS) is 14.6. The number of halogens is 2. The van der Waals surface area contributed by atoms with Crippen molar-refractivity contribution in [3.05, 3.63) is 59.2 Å². The van der Waals surface area contributed by atoms with Crippen molar-refractivity contribution in [2.45, 2.75) is 4.90 Å². The number of anilines is 1. The van der Waals surface area contributed by atoms with Crippen LogP contribution in [0, 0.1) is 23.0 Å². The minimum atomic E-state index is -3.92. The Morgan fingerprint density at radius 1 is 1.04 bits per heavy atom. The van der Waals surface area contributed by atoms with E-state index in [1.54, 1.807) is 0 Å². The Kier molecular flexibility index (Phi) is 5.31.